The Bertz CT molecular complexity index is 1230. The third-order valence-corrected chi connectivity index (χ3v) is 4.63. The Morgan fingerprint density at radius 3 is 2.66 bits per heavy atom. The zero-order valence-corrected chi connectivity index (χ0v) is 17.2. The number of pyridine rings is 2. The van der Waals surface area contributed by atoms with Gasteiger partial charge < -0.3 is 10.6 Å². The van der Waals surface area contributed by atoms with Gasteiger partial charge in [-0.2, -0.15) is 13.2 Å². The molecule has 1 aliphatic carbocycles. The van der Waals surface area contributed by atoms with Gasteiger partial charge in [-0.25, -0.2) is 4.98 Å². The van der Waals surface area contributed by atoms with Crippen LogP contribution >= 0.6 is 0 Å². The van der Waals surface area contributed by atoms with Gasteiger partial charge in [0.05, 0.1) is 10.9 Å². The van der Waals surface area contributed by atoms with Gasteiger partial charge in [-0.1, -0.05) is 30.9 Å². The van der Waals surface area contributed by atoms with Crippen molar-refractivity contribution in [2.24, 2.45) is 0 Å². The first-order valence-electron chi connectivity index (χ1n) is 9.77. The molecule has 0 saturated carbocycles. The molecule has 0 spiro atoms. The predicted octanol–water partition coefficient (Wildman–Crippen LogP) is 5.23. The zero-order valence-electron chi connectivity index (χ0n) is 17.2. The van der Waals surface area contributed by atoms with Crippen molar-refractivity contribution < 1.29 is 18.0 Å². The number of nitrogens with zero attached hydrogens (tertiary/aromatic N) is 2. The summed E-state index contributed by atoms with van der Waals surface area (Å²) in [4.78, 5) is 28.0. The van der Waals surface area contributed by atoms with Crippen molar-refractivity contribution in [3.63, 3.8) is 0 Å². The molecule has 2 N–H and O–H groups in total. The van der Waals surface area contributed by atoms with E-state index < -0.39 is 22.6 Å². The van der Waals surface area contributed by atoms with Crippen LogP contribution in [0.15, 0.2) is 71.7 Å². The van der Waals surface area contributed by atoms with E-state index in [1.165, 1.54) is 10.6 Å². The summed E-state index contributed by atoms with van der Waals surface area (Å²) >= 11 is 0. The number of amides is 1. The number of carbonyl (C=O) groups excluding carboxylic acids is 1. The third-order valence-electron chi connectivity index (χ3n) is 4.63. The van der Waals surface area contributed by atoms with Crippen molar-refractivity contribution in [1.29, 1.82) is 0 Å². The van der Waals surface area contributed by atoms with Gasteiger partial charge in [0.25, 0.3) is 0 Å². The summed E-state index contributed by atoms with van der Waals surface area (Å²) < 4.78 is 42.9. The minimum Gasteiger partial charge on any atom is -0.341 e. The summed E-state index contributed by atoms with van der Waals surface area (Å²) in [6.07, 6.45) is 9.13. The molecule has 166 valence electrons. The molecule has 0 unspecified atom stereocenters. The fourth-order valence-electron chi connectivity index (χ4n) is 3.37. The fraction of sp³-hybridized carbons (Fsp3) is 0.174. The van der Waals surface area contributed by atoms with E-state index >= 15 is 0 Å². The largest absolute Gasteiger partial charge is 0.417 e. The van der Waals surface area contributed by atoms with Crippen LogP contribution in [0, 0.1) is 0 Å². The Morgan fingerprint density at radius 2 is 2.06 bits per heavy atom. The van der Waals surface area contributed by atoms with Crippen molar-refractivity contribution in [3.05, 3.63) is 82.7 Å². The summed E-state index contributed by atoms with van der Waals surface area (Å²) in [5.41, 5.74) is -1.19. The highest BCUT2D eigenvalue weighted by atomic mass is 19.4. The lowest BCUT2D eigenvalue weighted by atomic mass is 10.1. The lowest BCUT2D eigenvalue weighted by molar-refractivity contribution is -0.136. The van der Waals surface area contributed by atoms with Gasteiger partial charge in [0.1, 0.15) is 11.6 Å². The summed E-state index contributed by atoms with van der Waals surface area (Å²) in [7, 11) is 0. The van der Waals surface area contributed by atoms with Crippen LogP contribution in [-0.2, 0) is 11.0 Å². The highest BCUT2D eigenvalue weighted by Crippen LogP contribution is 2.36. The minimum absolute atomic E-state index is 0.218. The first-order chi connectivity index (χ1) is 15.3. The standard InChI is InChI=1S/C23H21F3N4O2/c1-3-8-16(9-4-2)30-20(28-15-10-6-5-7-11-15)13-18(32)21-17(23(24,25)26)12-19(27-14-31)29-22(21)30/h3-4,6,8-14,28H,1,5,7H2,2H3,(H,27,29,31)/b9-4-,16-8+. The average Bonchev–Trinajstić information content (AvgIpc) is 2.74. The average molecular weight is 442 g/mol. The van der Waals surface area contributed by atoms with Crippen LogP contribution in [0.1, 0.15) is 25.3 Å². The van der Waals surface area contributed by atoms with Crippen LogP contribution in [0.5, 0.6) is 0 Å². The van der Waals surface area contributed by atoms with E-state index in [2.05, 4.69) is 22.2 Å². The number of alkyl halides is 3. The summed E-state index contributed by atoms with van der Waals surface area (Å²) in [6, 6.07) is 1.75. The van der Waals surface area contributed by atoms with Gasteiger partial charge in [-0.05, 0) is 44.1 Å². The van der Waals surface area contributed by atoms with Gasteiger partial charge in [0.15, 0.2) is 11.1 Å². The van der Waals surface area contributed by atoms with Crippen LogP contribution in [-0.4, -0.2) is 16.0 Å². The molecule has 3 rings (SSSR count). The first kappa shape index (κ1) is 22.8. The third kappa shape index (κ3) is 4.72. The molecule has 2 heterocycles. The first-order valence-corrected chi connectivity index (χ1v) is 9.77. The number of aromatic nitrogens is 2. The van der Waals surface area contributed by atoms with E-state index in [0.29, 0.717) is 17.5 Å². The molecule has 0 aromatic carbocycles. The fourth-order valence-corrected chi connectivity index (χ4v) is 3.37. The van der Waals surface area contributed by atoms with Gasteiger partial charge in [0.2, 0.25) is 6.41 Å². The van der Waals surface area contributed by atoms with Crippen LogP contribution in [0.25, 0.3) is 16.7 Å². The smallest absolute Gasteiger partial charge is 0.341 e. The highest BCUT2D eigenvalue weighted by Gasteiger charge is 2.35. The molecule has 2 aromatic heterocycles. The highest BCUT2D eigenvalue weighted by molar-refractivity contribution is 5.89. The van der Waals surface area contributed by atoms with E-state index in [0.717, 1.165) is 18.9 Å². The molecular formula is C23H21F3N4O2. The van der Waals surface area contributed by atoms with Gasteiger partial charge in [-0.3, -0.25) is 14.2 Å². The van der Waals surface area contributed by atoms with E-state index in [1.54, 1.807) is 25.2 Å². The van der Waals surface area contributed by atoms with Crippen molar-refractivity contribution in [2.75, 3.05) is 10.6 Å². The lowest BCUT2D eigenvalue weighted by Crippen LogP contribution is -2.20. The second-order valence-corrected chi connectivity index (χ2v) is 6.83. The van der Waals surface area contributed by atoms with Crippen molar-refractivity contribution in [3.8, 4) is 0 Å². The number of hydrogen-bond acceptors (Lipinski definition) is 4. The van der Waals surface area contributed by atoms with Crippen LogP contribution in [0.4, 0.5) is 24.8 Å². The number of halogens is 3. The molecule has 6 nitrogen and oxygen atoms in total. The molecule has 0 atom stereocenters. The molecule has 32 heavy (non-hydrogen) atoms. The Balaban J connectivity index is 2.47. The second kappa shape index (κ2) is 9.51. The normalized spacial score (nSPS) is 14.5. The van der Waals surface area contributed by atoms with Crippen LogP contribution in [0.2, 0.25) is 0 Å². The van der Waals surface area contributed by atoms with Gasteiger partial charge in [-0.15, -0.1) is 0 Å². The Morgan fingerprint density at radius 1 is 1.28 bits per heavy atom. The lowest BCUT2D eigenvalue weighted by Gasteiger charge is -2.21. The molecule has 1 aliphatic rings. The van der Waals surface area contributed by atoms with Crippen molar-refractivity contribution in [1.82, 2.24) is 9.55 Å². The molecule has 0 aliphatic heterocycles. The maximum atomic E-state index is 13.8. The number of carbonyl (C=O) groups is 1. The maximum absolute atomic E-state index is 13.8. The van der Waals surface area contributed by atoms with Crippen molar-refractivity contribution >= 4 is 34.8 Å². The summed E-state index contributed by atoms with van der Waals surface area (Å²) in [5.74, 6) is -0.115. The molecule has 0 radical (unpaired) electrons. The maximum Gasteiger partial charge on any atom is 0.417 e. The van der Waals surface area contributed by atoms with Crippen molar-refractivity contribution in [2.45, 2.75) is 25.9 Å². The number of fused-ring (bicyclic) bond motifs is 1. The number of rotatable bonds is 7. The second-order valence-electron chi connectivity index (χ2n) is 6.83. The number of anilines is 2. The van der Waals surface area contributed by atoms with E-state index in [4.69, 9.17) is 0 Å². The molecule has 9 heteroatoms. The molecule has 0 bridgehead atoms. The van der Waals surface area contributed by atoms with E-state index in [9.17, 15) is 22.8 Å². The van der Waals surface area contributed by atoms with Gasteiger partial charge >= 0.3 is 6.18 Å². The Labute approximate surface area is 182 Å². The number of allylic oxidation sites excluding steroid dienone is 8. The van der Waals surface area contributed by atoms with Crippen LogP contribution < -0.4 is 16.1 Å². The molecule has 1 amide bonds. The van der Waals surface area contributed by atoms with E-state index in [1.807, 2.05) is 18.2 Å². The van der Waals surface area contributed by atoms with Crippen LogP contribution in [0.3, 0.4) is 0 Å². The molecule has 0 saturated heterocycles. The topological polar surface area (TPSA) is 76.0 Å². The predicted molar refractivity (Wildman–Crippen MR) is 120 cm³/mol. The SMILES string of the molecule is C=C/C=C(\C=C/C)n1c(NC2=CCCC=C2)cc(=O)c2c(C(F)(F)F)cc(NC=O)nc21. The van der Waals surface area contributed by atoms with Gasteiger partial charge in [0, 0.05) is 17.5 Å². The molecule has 2 aromatic rings. The zero-order chi connectivity index (χ0) is 23.3. The summed E-state index contributed by atoms with van der Waals surface area (Å²) in [6.45, 7) is 5.41. The Hall–Kier alpha value is -3.88. The Kier molecular flexibility index (Phi) is 6.77. The number of nitrogens with one attached hydrogen (secondary N) is 2. The quantitative estimate of drug-likeness (QED) is 0.455. The monoisotopic (exact) mass is 442 g/mol. The molecular weight excluding hydrogens is 421 g/mol. The number of hydrogen-bond donors (Lipinski definition) is 2. The minimum atomic E-state index is -4.84. The molecule has 0 fully saturated rings. The van der Waals surface area contributed by atoms with E-state index in [-0.39, 0.29) is 23.7 Å². The summed E-state index contributed by atoms with van der Waals surface area (Å²) in [5, 5.41) is 4.66.